The fourth-order valence-electron chi connectivity index (χ4n) is 2.14. The van der Waals surface area contributed by atoms with Crippen LogP contribution >= 0.6 is 0 Å². The fourth-order valence-corrected chi connectivity index (χ4v) is 2.14. The highest BCUT2D eigenvalue weighted by molar-refractivity contribution is 5.65. The number of fused-ring (bicyclic) bond motifs is 1. The Labute approximate surface area is 124 Å². The first-order valence-corrected chi connectivity index (χ1v) is 6.33. The van der Waals surface area contributed by atoms with E-state index in [0.29, 0.717) is 11.1 Å². The quantitative estimate of drug-likeness (QED) is 0.737. The predicted molar refractivity (Wildman–Crippen MR) is 75.1 cm³/mol. The molecule has 0 bridgehead atoms. The van der Waals surface area contributed by atoms with Gasteiger partial charge in [-0.15, -0.1) is 0 Å². The van der Waals surface area contributed by atoms with Gasteiger partial charge < -0.3 is 13.9 Å². The van der Waals surface area contributed by atoms with Crippen molar-refractivity contribution in [1.29, 1.82) is 5.26 Å². The van der Waals surface area contributed by atoms with E-state index in [2.05, 4.69) is 0 Å². The third-order valence-electron chi connectivity index (χ3n) is 3.11. The summed E-state index contributed by atoms with van der Waals surface area (Å²) in [5.41, 5.74) is 0.894. The van der Waals surface area contributed by atoms with Crippen molar-refractivity contribution in [2.45, 2.75) is 0 Å². The van der Waals surface area contributed by atoms with E-state index >= 15 is 0 Å². The first kappa shape index (κ1) is 13.9. The number of rotatable bonds is 3. The summed E-state index contributed by atoms with van der Waals surface area (Å²) in [6, 6.07) is 8.53. The van der Waals surface area contributed by atoms with Crippen LogP contribution in [0.1, 0.15) is 5.56 Å². The van der Waals surface area contributed by atoms with Crippen molar-refractivity contribution in [3.63, 3.8) is 0 Å². The Bertz CT molecular complexity index is 897. The Balaban J connectivity index is 2.11. The van der Waals surface area contributed by atoms with Gasteiger partial charge in [-0.25, -0.2) is 8.78 Å². The molecule has 0 radical (unpaired) electrons. The van der Waals surface area contributed by atoms with E-state index in [1.54, 1.807) is 6.07 Å². The summed E-state index contributed by atoms with van der Waals surface area (Å²) in [6.07, 6.45) is 2.73. The molecule has 110 valence electrons. The molecule has 0 amide bonds. The van der Waals surface area contributed by atoms with Crippen LogP contribution < -0.4 is 9.47 Å². The monoisotopic (exact) mass is 300 g/mol. The highest BCUT2D eigenvalue weighted by Gasteiger charge is 2.12. The molecule has 3 rings (SSSR count). The smallest absolute Gasteiger partial charge is 0.169 e. The molecule has 0 fully saturated rings. The summed E-state index contributed by atoms with van der Waals surface area (Å²) in [7, 11) is 1.38. The van der Waals surface area contributed by atoms with Gasteiger partial charge in [0.1, 0.15) is 17.7 Å². The average Bonchev–Trinajstić information content (AvgIpc) is 2.92. The molecule has 2 heterocycles. The Morgan fingerprint density at radius 2 is 1.77 bits per heavy atom. The van der Waals surface area contributed by atoms with Gasteiger partial charge in [0.25, 0.3) is 0 Å². The molecule has 0 saturated heterocycles. The molecule has 6 heteroatoms. The molecule has 22 heavy (non-hydrogen) atoms. The van der Waals surface area contributed by atoms with Crippen LogP contribution in [0.5, 0.6) is 17.2 Å². The number of benzene rings is 1. The van der Waals surface area contributed by atoms with Gasteiger partial charge in [0.15, 0.2) is 17.2 Å². The summed E-state index contributed by atoms with van der Waals surface area (Å²) in [4.78, 5) is 0. The second-order valence-corrected chi connectivity index (χ2v) is 4.55. The maximum Gasteiger partial charge on any atom is 0.169 e. The zero-order chi connectivity index (χ0) is 15.7. The molecule has 0 unspecified atom stereocenters. The molecule has 3 aromatic rings. The number of hydrogen-bond acceptors (Lipinski definition) is 3. The van der Waals surface area contributed by atoms with Crippen LogP contribution in [0.3, 0.4) is 0 Å². The lowest BCUT2D eigenvalue weighted by Crippen LogP contribution is -1.94. The van der Waals surface area contributed by atoms with Gasteiger partial charge in [-0.05, 0) is 18.2 Å². The largest absolute Gasteiger partial charge is 0.493 e. The standard InChI is InChI=1S/C16H10F2N2O2/c1-21-16-5-11(17)2-3-14(16)22-15-6-12(18)9-20-8-10(7-19)4-13(15)20/h2-6,8-9H,1H3. The fraction of sp³-hybridized carbons (Fsp3) is 0.0625. The average molecular weight is 300 g/mol. The lowest BCUT2D eigenvalue weighted by atomic mass is 10.3. The molecular weight excluding hydrogens is 290 g/mol. The van der Waals surface area contributed by atoms with Gasteiger partial charge in [0, 0.05) is 24.5 Å². The first-order valence-electron chi connectivity index (χ1n) is 6.33. The van der Waals surface area contributed by atoms with Crippen molar-refractivity contribution in [3.05, 3.63) is 59.9 Å². The minimum atomic E-state index is -0.524. The van der Waals surface area contributed by atoms with Gasteiger partial charge in [0.2, 0.25) is 0 Å². The van der Waals surface area contributed by atoms with E-state index in [-0.39, 0.29) is 17.2 Å². The third-order valence-corrected chi connectivity index (χ3v) is 3.11. The van der Waals surface area contributed by atoms with Gasteiger partial charge in [-0.3, -0.25) is 0 Å². The number of pyridine rings is 1. The molecule has 0 spiro atoms. The number of aromatic nitrogens is 1. The number of ether oxygens (including phenoxy) is 2. The molecule has 4 nitrogen and oxygen atoms in total. The van der Waals surface area contributed by atoms with Crippen molar-refractivity contribution in [1.82, 2.24) is 4.40 Å². The van der Waals surface area contributed by atoms with Gasteiger partial charge in [-0.2, -0.15) is 5.26 Å². The van der Waals surface area contributed by atoms with E-state index < -0.39 is 11.6 Å². The minimum Gasteiger partial charge on any atom is -0.493 e. The summed E-state index contributed by atoms with van der Waals surface area (Å²) < 4.78 is 39.0. The van der Waals surface area contributed by atoms with E-state index in [1.165, 1.54) is 48.2 Å². The zero-order valence-corrected chi connectivity index (χ0v) is 11.5. The zero-order valence-electron chi connectivity index (χ0n) is 11.5. The van der Waals surface area contributed by atoms with E-state index in [9.17, 15) is 8.78 Å². The van der Waals surface area contributed by atoms with Crippen LogP contribution in [0.2, 0.25) is 0 Å². The van der Waals surface area contributed by atoms with Crippen LogP contribution in [0.4, 0.5) is 8.78 Å². The lowest BCUT2D eigenvalue weighted by Gasteiger charge is -2.11. The summed E-state index contributed by atoms with van der Waals surface area (Å²) in [6.45, 7) is 0. The van der Waals surface area contributed by atoms with Crippen molar-refractivity contribution < 1.29 is 18.3 Å². The first-order chi connectivity index (χ1) is 10.6. The van der Waals surface area contributed by atoms with Crippen LogP contribution in [0, 0.1) is 23.0 Å². The third kappa shape index (κ3) is 2.44. The molecule has 0 aliphatic heterocycles. The maximum atomic E-state index is 13.7. The van der Waals surface area contributed by atoms with Crippen molar-refractivity contribution in [2.75, 3.05) is 7.11 Å². The van der Waals surface area contributed by atoms with Gasteiger partial charge in [-0.1, -0.05) is 0 Å². The molecular formula is C16H10F2N2O2. The summed E-state index contributed by atoms with van der Waals surface area (Å²) >= 11 is 0. The van der Waals surface area contributed by atoms with Crippen molar-refractivity contribution >= 4 is 5.52 Å². The molecule has 2 aromatic heterocycles. The summed E-state index contributed by atoms with van der Waals surface area (Å²) in [5, 5.41) is 8.94. The number of hydrogen-bond donors (Lipinski definition) is 0. The van der Waals surface area contributed by atoms with Gasteiger partial charge in [0.05, 0.1) is 18.2 Å². The molecule has 1 aromatic carbocycles. The highest BCUT2D eigenvalue weighted by atomic mass is 19.1. The van der Waals surface area contributed by atoms with Crippen LogP contribution in [-0.2, 0) is 0 Å². The van der Waals surface area contributed by atoms with Crippen LogP contribution in [0.25, 0.3) is 5.52 Å². The van der Waals surface area contributed by atoms with Crippen molar-refractivity contribution in [2.24, 2.45) is 0 Å². The Morgan fingerprint density at radius 1 is 1.00 bits per heavy atom. The van der Waals surface area contributed by atoms with Gasteiger partial charge >= 0.3 is 0 Å². The highest BCUT2D eigenvalue weighted by Crippen LogP contribution is 2.34. The maximum absolute atomic E-state index is 13.7. The lowest BCUT2D eigenvalue weighted by molar-refractivity contribution is 0.375. The minimum absolute atomic E-state index is 0.189. The van der Waals surface area contributed by atoms with Crippen LogP contribution in [0.15, 0.2) is 42.7 Å². The van der Waals surface area contributed by atoms with Crippen molar-refractivity contribution in [3.8, 4) is 23.3 Å². The molecule has 0 atom stereocenters. The Morgan fingerprint density at radius 3 is 2.50 bits per heavy atom. The van der Waals surface area contributed by atoms with E-state index in [4.69, 9.17) is 14.7 Å². The molecule has 0 aliphatic rings. The Kier molecular flexibility index (Phi) is 3.39. The number of nitriles is 1. The Hall–Kier alpha value is -3.07. The number of nitrogens with zero attached hydrogens (tertiary/aromatic N) is 2. The SMILES string of the molecule is COc1cc(F)ccc1Oc1cc(F)cn2cc(C#N)cc12. The number of halogens is 2. The number of methoxy groups -OCH3 is 1. The van der Waals surface area contributed by atoms with E-state index in [1.807, 2.05) is 6.07 Å². The summed E-state index contributed by atoms with van der Waals surface area (Å²) in [5.74, 6) is -0.358. The molecule has 0 N–H and O–H groups in total. The second kappa shape index (κ2) is 5.37. The topological polar surface area (TPSA) is 46.7 Å². The van der Waals surface area contributed by atoms with Crippen LogP contribution in [-0.4, -0.2) is 11.5 Å². The van der Waals surface area contributed by atoms with E-state index in [0.717, 1.165) is 0 Å². The molecule has 0 aliphatic carbocycles. The second-order valence-electron chi connectivity index (χ2n) is 4.55. The molecule has 0 saturated carbocycles. The normalized spacial score (nSPS) is 10.5. The predicted octanol–water partition coefficient (Wildman–Crippen LogP) is 3.89.